The maximum Gasteiger partial charge on any atom is 0.269 e. The molecule has 8 aromatic carbocycles. The Kier molecular flexibility index (Phi) is 11.6. The fourth-order valence-electron chi connectivity index (χ4n) is 10.7. The van der Waals surface area contributed by atoms with Gasteiger partial charge in [-0.25, -0.2) is 4.98 Å². The number of benzene rings is 8. The Balaban J connectivity index is 1.18. The third-order valence-corrected chi connectivity index (χ3v) is 15.5. The Morgan fingerprint density at radius 1 is 0.443 bits per heavy atom. The molecule has 0 amide bonds. The van der Waals surface area contributed by atoms with Gasteiger partial charge in [0.1, 0.15) is 17.3 Å². The number of ether oxygens (including phenoxy) is 1. The molecule has 0 atom stereocenters. The van der Waals surface area contributed by atoms with Crippen LogP contribution in [0.4, 0.5) is 0 Å². The van der Waals surface area contributed by atoms with Gasteiger partial charge in [-0.05, 0) is 143 Å². The van der Waals surface area contributed by atoms with Crippen LogP contribution in [-0.4, -0.2) is 14.1 Å². The van der Waals surface area contributed by atoms with E-state index in [9.17, 15) is 2.74 Å². The van der Waals surface area contributed by atoms with Gasteiger partial charge < -0.3 is 4.74 Å². The Labute approximate surface area is 476 Å². The molecule has 398 valence electrons. The number of hydrogen-bond acceptors (Lipinski definition) is 2. The van der Waals surface area contributed by atoms with Crippen LogP contribution in [0.5, 0.6) is 11.5 Å². The van der Waals surface area contributed by atoms with Crippen molar-refractivity contribution in [3.8, 4) is 62.1 Å². The lowest BCUT2D eigenvalue weighted by Gasteiger charge is -2.26. The lowest BCUT2D eigenvalue weighted by Crippen LogP contribution is -2.32. The van der Waals surface area contributed by atoms with Gasteiger partial charge in [0.05, 0.1) is 40.3 Å². The van der Waals surface area contributed by atoms with E-state index in [1.54, 1.807) is 0 Å². The quantitative estimate of drug-likeness (QED) is 0.112. The van der Waals surface area contributed by atoms with Crippen LogP contribution in [0.3, 0.4) is 0 Å². The van der Waals surface area contributed by atoms with Crippen molar-refractivity contribution in [3.05, 3.63) is 222 Å². The lowest BCUT2D eigenvalue weighted by atomic mass is 9.79. The minimum absolute atomic E-state index is 0.0734. The first kappa shape index (κ1) is 47.0. The molecule has 11 rings (SSSR count). The predicted octanol–water partition coefficient (Wildman–Crippen LogP) is 19.5. The van der Waals surface area contributed by atoms with Gasteiger partial charge in [0.15, 0.2) is 0 Å². The average Bonchev–Trinajstić information content (AvgIpc) is 1.94. The Hall–Kier alpha value is -8.02. The number of pyridine rings is 1. The summed E-state index contributed by atoms with van der Waals surface area (Å²) in [4.78, 5) is 4.92. The summed E-state index contributed by atoms with van der Waals surface area (Å²) in [5.74, 6) is 2.11. The summed E-state index contributed by atoms with van der Waals surface area (Å²) in [6.07, 6.45) is 5.75. The standard InChI is InChI=1S/C74H76N4O/c1-70(2,3)52-26-21-25-50(37-52)63-43-56(74(13,14)15)42-62(48-23-17-16-18-24-48)69(63)77-47-76(67-40-49(31-34-65(67)77)51-38-54(72(7,8)9)41-55(39-51)73(10,11)12)57-27-22-28-58(45-57)79-59-32-33-61-60-29-19-20-30-64(60)78(66(61)46-59)68-44-53(35-36-75-68)71(4,5)6/h16-46H,1-15H3/i16D,17D,18D,23D,24D. The van der Waals surface area contributed by atoms with Gasteiger partial charge in [-0.1, -0.05) is 225 Å². The van der Waals surface area contributed by atoms with Gasteiger partial charge in [-0.2, -0.15) is 0 Å². The monoisotopic (exact) mass is 1040 g/mol. The van der Waals surface area contributed by atoms with E-state index in [0.29, 0.717) is 22.7 Å². The van der Waals surface area contributed by atoms with E-state index in [0.717, 1.165) is 77.7 Å². The lowest BCUT2D eigenvalue weighted by molar-refractivity contribution is -0.571. The Bertz CT molecular complexity index is 4370. The van der Waals surface area contributed by atoms with Crippen LogP contribution in [0, 0.1) is 6.33 Å². The summed E-state index contributed by atoms with van der Waals surface area (Å²) >= 11 is 0. The second-order valence-electron chi connectivity index (χ2n) is 26.6. The molecular formula is C74H76N4O. The van der Waals surface area contributed by atoms with Crippen LogP contribution >= 0.6 is 0 Å². The minimum Gasteiger partial charge on any atom is -0.458 e. The number of para-hydroxylation sites is 1. The minimum atomic E-state index is -0.443. The molecule has 3 aromatic heterocycles. The molecule has 79 heavy (non-hydrogen) atoms. The normalized spacial score (nSPS) is 13.6. The van der Waals surface area contributed by atoms with Crippen LogP contribution < -0.4 is 9.30 Å². The second kappa shape index (κ2) is 19.4. The highest BCUT2D eigenvalue weighted by molar-refractivity contribution is 6.09. The van der Waals surface area contributed by atoms with Crippen LogP contribution in [0.25, 0.3) is 83.4 Å². The molecule has 0 bridgehead atoms. The van der Waals surface area contributed by atoms with Crippen molar-refractivity contribution >= 4 is 32.8 Å². The van der Waals surface area contributed by atoms with E-state index in [2.05, 4.69) is 241 Å². The number of rotatable bonds is 8. The fraction of sp³-hybridized carbons (Fsp3) is 0.270. The van der Waals surface area contributed by atoms with E-state index < -0.39 is 23.5 Å². The molecule has 0 saturated carbocycles. The van der Waals surface area contributed by atoms with E-state index in [4.69, 9.17) is 13.8 Å². The SMILES string of the molecule is [2H]c1c([2H])c([2H])c(-c2cc(C(C)(C)C)cc(-c3cccc(C(C)(C)C)c3)c2-[n+]2[c-]n(-c3cccc(Oc4ccc5c6ccccc6n(-c6cc(C(C)(C)C)ccn6)c5c4)c3)c3cc(-c4cc(C(C)(C)C)cc(C(C)(C)C)c4)ccc32)c([2H])c1[2H]. The molecule has 0 spiro atoms. The van der Waals surface area contributed by atoms with Crippen molar-refractivity contribution in [2.24, 2.45) is 0 Å². The molecule has 0 fully saturated rings. The van der Waals surface area contributed by atoms with Gasteiger partial charge in [-0.15, -0.1) is 0 Å². The summed E-state index contributed by atoms with van der Waals surface area (Å²) < 4.78 is 59.1. The summed E-state index contributed by atoms with van der Waals surface area (Å²) in [6.45, 7) is 33.2. The molecule has 0 saturated heterocycles. The first-order chi connectivity index (χ1) is 39.4. The van der Waals surface area contributed by atoms with Crippen LogP contribution in [0.1, 0.15) is 139 Å². The molecule has 3 heterocycles. The molecule has 0 radical (unpaired) electrons. The van der Waals surface area contributed by atoms with Crippen LogP contribution in [-0.2, 0) is 27.1 Å². The van der Waals surface area contributed by atoms with Crippen molar-refractivity contribution in [2.45, 2.75) is 131 Å². The number of nitrogens with zero attached hydrogens (tertiary/aromatic N) is 4. The topological polar surface area (TPSA) is 35.9 Å². The highest BCUT2D eigenvalue weighted by Gasteiger charge is 2.27. The molecule has 0 unspecified atom stereocenters. The van der Waals surface area contributed by atoms with E-state index in [1.807, 2.05) is 41.1 Å². The molecule has 11 aromatic rings. The summed E-state index contributed by atoms with van der Waals surface area (Å²) in [5, 5.41) is 2.22. The zero-order valence-corrected chi connectivity index (χ0v) is 48.7. The molecule has 0 aliphatic heterocycles. The van der Waals surface area contributed by atoms with Crippen LogP contribution in [0.2, 0.25) is 0 Å². The van der Waals surface area contributed by atoms with Gasteiger partial charge in [0, 0.05) is 23.0 Å². The number of hydrogen-bond donors (Lipinski definition) is 0. The van der Waals surface area contributed by atoms with Gasteiger partial charge in [0.25, 0.3) is 6.33 Å². The molecule has 0 N–H and O–H groups in total. The molecule has 5 heteroatoms. The first-order valence-corrected chi connectivity index (χ1v) is 27.7. The zero-order valence-electron chi connectivity index (χ0n) is 53.7. The number of aromatic nitrogens is 4. The van der Waals surface area contributed by atoms with Crippen molar-refractivity contribution in [1.29, 1.82) is 0 Å². The van der Waals surface area contributed by atoms with Gasteiger partial charge in [-0.3, -0.25) is 13.7 Å². The predicted molar refractivity (Wildman–Crippen MR) is 332 cm³/mol. The third kappa shape index (κ3) is 10.3. The Morgan fingerprint density at radius 2 is 1.04 bits per heavy atom. The highest BCUT2D eigenvalue weighted by Crippen LogP contribution is 2.42. The van der Waals surface area contributed by atoms with Gasteiger partial charge >= 0.3 is 0 Å². The van der Waals surface area contributed by atoms with E-state index in [1.165, 1.54) is 16.7 Å². The first-order valence-electron chi connectivity index (χ1n) is 30.2. The Morgan fingerprint density at radius 3 is 1.72 bits per heavy atom. The summed E-state index contributed by atoms with van der Waals surface area (Å²) in [5.41, 5.74) is 14.4. The summed E-state index contributed by atoms with van der Waals surface area (Å²) in [6, 6.07) is 51.5. The van der Waals surface area contributed by atoms with Crippen LogP contribution in [0.15, 0.2) is 188 Å². The summed E-state index contributed by atoms with van der Waals surface area (Å²) in [7, 11) is 0. The maximum atomic E-state index is 9.56. The van der Waals surface area contributed by atoms with Crippen molar-refractivity contribution in [1.82, 2.24) is 14.1 Å². The highest BCUT2D eigenvalue weighted by atomic mass is 16.5. The molecule has 0 aliphatic carbocycles. The van der Waals surface area contributed by atoms with Crippen molar-refractivity contribution < 1.29 is 16.2 Å². The average molecular weight is 1040 g/mol. The van der Waals surface area contributed by atoms with E-state index >= 15 is 0 Å². The van der Waals surface area contributed by atoms with E-state index in [-0.39, 0.29) is 39.3 Å². The zero-order chi connectivity index (χ0) is 60.3. The second-order valence-corrected chi connectivity index (χ2v) is 26.6. The smallest absolute Gasteiger partial charge is 0.269 e. The maximum absolute atomic E-state index is 9.56. The molecule has 0 aliphatic rings. The number of imidazole rings is 1. The fourth-order valence-corrected chi connectivity index (χ4v) is 10.7. The largest absolute Gasteiger partial charge is 0.458 e. The van der Waals surface area contributed by atoms with Crippen molar-refractivity contribution in [3.63, 3.8) is 0 Å². The molecular weight excluding hydrogens is 961 g/mol. The van der Waals surface area contributed by atoms with Gasteiger partial charge in [0.2, 0.25) is 0 Å². The number of fused-ring (bicyclic) bond motifs is 4. The van der Waals surface area contributed by atoms with Crippen molar-refractivity contribution in [2.75, 3.05) is 0 Å². The third-order valence-electron chi connectivity index (χ3n) is 15.5. The molecule has 5 nitrogen and oxygen atoms in total.